The first kappa shape index (κ1) is 88.8. The quantitative estimate of drug-likeness (QED) is 0.0449. The highest BCUT2D eigenvalue weighted by molar-refractivity contribution is 5.97. The molecule has 0 aliphatic carbocycles. The number of halogens is 2. The smallest absolute Gasteiger partial charge is 0.135 e. The van der Waals surface area contributed by atoms with Gasteiger partial charge in [-0.3, -0.25) is 44.9 Å². The average Bonchev–Trinajstić information content (AvgIpc) is 0.815. The van der Waals surface area contributed by atoms with Crippen molar-refractivity contribution in [2.24, 2.45) is 0 Å². The molecule has 21 aromatic rings. The summed E-state index contributed by atoms with van der Waals surface area (Å²) in [6, 6.07) is 96.7. The standard InChI is InChI=1S/C27H21FN4.C22H17FN2.2C22H20N4.C20H17N5/c1-18-14-21(12-13-29-18)24-10-8-19(16-30-24)17-31-26-6-3-7-27-23(26)9-11-25(32-27)20-4-2-5-22(28)15-20;23-18-9-4-8-17(14-18)20-13-12-19-21(10-5-11-22(19)25-20)24-15-16-6-2-1-3-7-16;2*1-15-3-5-17(6-4-15)13-26-22-20-14-25-21(12-18(20)7-10-24-22)19-8-9-23-16(2)11-19;1-14-9-17(5-7-22-14)19-10-16-4-8-23-20(18(16)13-24-19)25-12-15-3-2-6-21-11-15/h2-16,31H,17H2,1H3;1-14,24H,15H2;2*3-12,14H,13H2,1-2H3,(H,24,26);2-11,13H,12H2,1H3,(H,23,25). The van der Waals surface area contributed by atoms with E-state index in [-0.39, 0.29) is 11.6 Å². The lowest BCUT2D eigenvalue weighted by Gasteiger charge is -2.11. The number of nitrogens with zero attached hydrogens (tertiary/aromatic N) is 14. The molecule has 656 valence electrons. The molecule has 0 saturated heterocycles. The minimum absolute atomic E-state index is 0.252. The second-order valence-electron chi connectivity index (χ2n) is 32.4. The van der Waals surface area contributed by atoms with Crippen molar-refractivity contribution in [3.05, 3.63) is 451 Å². The third-order valence-corrected chi connectivity index (χ3v) is 22.4. The number of pyridine rings is 14. The predicted molar refractivity (Wildman–Crippen MR) is 539 cm³/mol. The average molecular weight is 1760 g/mol. The molecule has 134 heavy (non-hydrogen) atoms. The van der Waals surface area contributed by atoms with E-state index in [1.807, 2.05) is 266 Å². The lowest BCUT2D eigenvalue weighted by atomic mass is 10.1. The summed E-state index contributed by atoms with van der Waals surface area (Å²) in [6.07, 6.45) is 23.9. The van der Waals surface area contributed by atoms with Gasteiger partial charge < -0.3 is 26.6 Å². The first-order valence-corrected chi connectivity index (χ1v) is 44.1. The molecule has 0 amide bonds. The molecule has 0 unspecified atom stereocenters. The van der Waals surface area contributed by atoms with Crippen LogP contribution in [0.25, 0.3) is 122 Å². The molecule has 5 N–H and O–H groups in total. The van der Waals surface area contributed by atoms with Crippen LogP contribution in [0.15, 0.2) is 378 Å². The molecule has 0 saturated carbocycles. The van der Waals surface area contributed by atoms with Crippen LogP contribution in [0.3, 0.4) is 0 Å². The molecule has 14 heterocycles. The number of anilines is 5. The third-order valence-electron chi connectivity index (χ3n) is 22.4. The third kappa shape index (κ3) is 23.3. The van der Waals surface area contributed by atoms with Crippen LogP contribution in [0.5, 0.6) is 0 Å². The van der Waals surface area contributed by atoms with Crippen LogP contribution in [0.1, 0.15) is 61.7 Å². The number of rotatable bonds is 21. The second-order valence-corrected chi connectivity index (χ2v) is 32.4. The Morgan fingerprint density at radius 1 is 0.224 bits per heavy atom. The van der Waals surface area contributed by atoms with Crippen LogP contribution in [-0.2, 0) is 32.7 Å². The van der Waals surface area contributed by atoms with E-state index >= 15 is 0 Å². The van der Waals surface area contributed by atoms with Gasteiger partial charge in [-0.15, -0.1) is 0 Å². The van der Waals surface area contributed by atoms with E-state index in [9.17, 15) is 8.78 Å². The molecule has 7 aromatic carbocycles. The molecule has 0 fully saturated rings. The molecule has 14 aromatic heterocycles. The van der Waals surface area contributed by atoms with Gasteiger partial charge in [0.25, 0.3) is 0 Å². The molecule has 0 spiro atoms. The van der Waals surface area contributed by atoms with E-state index in [0.29, 0.717) is 13.1 Å². The van der Waals surface area contributed by atoms with Gasteiger partial charge in [-0.25, -0.2) is 33.7 Å². The van der Waals surface area contributed by atoms with E-state index in [0.717, 1.165) is 204 Å². The van der Waals surface area contributed by atoms with Gasteiger partial charge in [0.2, 0.25) is 0 Å². The van der Waals surface area contributed by atoms with Crippen LogP contribution < -0.4 is 26.6 Å². The molecular weight excluding hydrogens is 1660 g/mol. The van der Waals surface area contributed by atoms with E-state index < -0.39 is 0 Å². The Morgan fingerprint density at radius 3 is 0.963 bits per heavy atom. The minimum atomic E-state index is -0.265. The van der Waals surface area contributed by atoms with Gasteiger partial charge in [0, 0.05) is 208 Å². The predicted octanol–water partition coefficient (Wildman–Crippen LogP) is 25.9. The summed E-state index contributed by atoms with van der Waals surface area (Å²) in [6.45, 7) is 15.7. The van der Waals surface area contributed by atoms with Gasteiger partial charge in [-0.1, -0.05) is 139 Å². The lowest BCUT2D eigenvalue weighted by Crippen LogP contribution is -2.02. The van der Waals surface area contributed by atoms with Gasteiger partial charge in [-0.05, 0) is 255 Å². The second kappa shape index (κ2) is 42.8. The summed E-state index contributed by atoms with van der Waals surface area (Å²) >= 11 is 0. The highest BCUT2D eigenvalue weighted by atomic mass is 19.1. The number of hydrogen-bond acceptors (Lipinski definition) is 19. The number of aryl methyl sites for hydroxylation is 6. The van der Waals surface area contributed by atoms with Crippen molar-refractivity contribution in [2.75, 3.05) is 26.6 Å². The van der Waals surface area contributed by atoms with Crippen molar-refractivity contribution in [2.45, 2.75) is 74.3 Å². The van der Waals surface area contributed by atoms with Crippen molar-refractivity contribution in [1.29, 1.82) is 0 Å². The first-order valence-electron chi connectivity index (χ1n) is 44.1. The lowest BCUT2D eigenvalue weighted by molar-refractivity contribution is 0.628. The van der Waals surface area contributed by atoms with Crippen molar-refractivity contribution in [1.82, 2.24) is 69.8 Å². The van der Waals surface area contributed by atoms with Crippen LogP contribution in [0.2, 0.25) is 0 Å². The van der Waals surface area contributed by atoms with Crippen molar-refractivity contribution in [3.8, 4) is 67.5 Å². The fourth-order valence-electron chi connectivity index (χ4n) is 15.3. The topological polar surface area (TPSA) is 241 Å². The maximum absolute atomic E-state index is 13.6. The van der Waals surface area contributed by atoms with Gasteiger partial charge in [0.15, 0.2) is 0 Å². The van der Waals surface area contributed by atoms with E-state index in [1.165, 1.54) is 52.1 Å². The zero-order valence-corrected chi connectivity index (χ0v) is 74.8. The zero-order chi connectivity index (χ0) is 91.9. The zero-order valence-electron chi connectivity index (χ0n) is 74.8. The Hall–Kier alpha value is -17.2. The molecule has 0 aliphatic heterocycles. The fourth-order valence-corrected chi connectivity index (χ4v) is 15.3. The molecule has 0 radical (unpaired) electrons. The van der Waals surface area contributed by atoms with Crippen molar-refractivity contribution in [3.63, 3.8) is 0 Å². The maximum atomic E-state index is 13.6. The normalized spacial score (nSPS) is 10.8. The summed E-state index contributed by atoms with van der Waals surface area (Å²) in [5.74, 6) is 2.02. The Kier molecular flexibility index (Phi) is 28.4. The Labute approximate surface area is 776 Å². The molecule has 0 bridgehead atoms. The number of fused-ring (bicyclic) bond motifs is 5. The summed E-state index contributed by atoms with van der Waals surface area (Å²) in [4.78, 5) is 62.5. The Morgan fingerprint density at radius 2 is 0.567 bits per heavy atom. The molecule has 21 heteroatoms. The van der Waals surface area contributed by atoms with Gasteiger partial charge >= 0.3 is 0 Å². The largest absolute Gasteiger partial charge is 0.380 e. The Bertz CT molecular complexity index is 7280. The van der Waals surface area contributed by atoms with E-state index in [4.69, 9.17) is 9.97 Å². The highest BCUT2D eigenvalue weighted by Gasteiger charge is 2.15. The molecule has 21 rings (SSSR count). The number of benzene rings is 7. The van der Waals surface area contributed by atoms with Crippen molar-refractivity contribution < 1.29 is 8.78 Å². The van der Waals surface area contributed by atoms with Crippen LogP contribution in [0, 0.1) is 53.2 Å². The molecule has 0 atom stereocenters. The van der Waals surface area contributed by atoms with Gasteiger partial charge in [-0.2, -0.15) is 0 Å². The van der Waals surface area contributed by atoms with Gasteiger partial charge in [0.1, 0.15) is 29.1 Å². The summed E-state index contributed by atoms with van der Waals surface area (Å²) in [5, 5.41) is 25.6. The van der Waals surface area contributed by atoms with Gasteiger partial charge in [0.05, 0.1) is 45.2 Å². The van der Waals surface area contributed by atoms with Crippen molar-refractivity contribution >= 4 is 83.0 Å². The summed E-state index contributed by atoms with van der Waals surface area (Å²) < 4.78 is 27.0. The van der Waals surface area contributed by atoms with E-state index in [2.05, 4.69) is 191 Å². The number of nitrogens with one attached hydrogen (secondary N) is 5. The minimum Gasteiger partial charge on any atom is -0.380 e. The fraction of sp³-hybridized carbons (Fsp3) is 0.0973. The first-order chi connectivity index (χ1) is 65.6. The molecule has 0 aliphatic rings. The number of aromatic nitrogens is 14. The highest BCUT2D eigenvalue weighted by Crippen LogP contribution is 2.34. The molecule has 19 nitrogen and oxygen atoms in total. The monoisotopic (exact) mass is 1760 g/mol. The van der Waals surface area contributed by atoms with Crippen LogP contribution >= 0.6 is 0 Å². The van der Waals surface area contributed by atoms with Crippen LogP contribution in [0.4, 0.5) is 37.6 Å². The Balaban J connectivity index is 0.000000117. The SMILES string of the molecule is Cc1cc(-c2cc3ccnc(NCc4cccnc4)c3cn2)ccn1.Cc1cc(-c2ccc(CNc3cccc4nc(-c5cccc(F)c5)ccc34)cn2)ccn1.Cc1ccc(CNc2nccc3cc(-c4ccnc(C)c4)ncc23)cc1.Cc1ccc(CNc2nccc3cc(-c4ccnc(C)c4)ncc23)cc1.Fc1cccc(-c2ccc3c(NCc4ccccc4)cccc3n2)c1. The van der Waals surface area contributed by atoms with Crippen LogP contribution in [-0.4, -0.2) is 69.8 Å². The summed E-state index contributed by atoms with van der Waals surface area (Å²) in [7, 11) is 0. The number of hydrogen-bond donors (Lipinski definition) is 5. The van der Waals surface area contributed by atoms with E-state index in [1.54, 1.807) is 24.5 Å². The molecular formula is C113H95F2N19. The summed E-state index contributed by atoms with van der Waals surface area (Å²) in [5.41, 5.74) is 27.2. The maximum Gasteiger partial charge on any atom is 0.135 e.